The Morgan fingerprint density at radius 3 is 2.56 bits per heavy atom. The van der Waals surface area contributed by atoms with Gasteiger partial charge in [-0.3, -0.25) is 4.98 Å². The number of pyridine rings is 1. The van der Waals surface area contributed by atoms with Crippen molar-refractivity contribution >= 4 is 11.3 Å². The van der Waals surface area contributed by atoms with Gasteiger partial charge in [-0.15, -0.1) is 11.3 Å². The van der Waals surface area contributed by atoms with Crippen LogP contribution in [0.3, 0.4) is 0 Å². The monoisotopic (exact) mass is 260 g/mol. The van der Waals surface area contributed by atoms with Crippen LogP contribution < -0.4 is 5.32 Å². The Morgan fingerprint density at radius 1 is 1.28 bits per heavy atom. The zero-order chi connectivity index (χ0) is 13.0. The number of aryl methyl sites for hydroxylation is 3. The lowest BCUT2D eigenvalue weighted by Crippen LogP contribution is -2.17. The van der Waals surface area contributed by atoms with Crippen molar-refractivity contribution < 1.29 is 0 Å². The summed E-state index contributed by atoms with van der Waals surface area (Å²) in [6, 6.07) is 9.10. The highest BCUT2D eigenvalue weighted by Crippen LogP contribution is 2.21. The SMILES string of the molecule is CNC(CCc1cccs1)c1cc(C)nc(C)c1. The zero-order valence-corrected chi connectivity index (χ0v) is 12.1. The molecule has 2 aromatic rings. The summed E-state index contributed by atoms with van der Waals surface area (Å²) in [4.78, 5) is 5.89. The normalized spacial score (nSPS) is 12.6. The van der Waals surface area contributed by atoms with Gasteiger partial charge >= 0.3 is 0 Å². The standard InChI is InChI=1S/C15H20N2S/c1-11-9-13(10-12(2)17-11)15(16-3)7-6-14-5-4-8-18-14/h4-5,8-10,15-16H,6-7H2,1-3H3. The summed E-state index contributed by atoms with van der Waals surface area (Å²) in [5.74, 6) is 0. The molecule has 96 valence electrons. The highest BCUT2D eigenvalue weighted by Gasteiger charge is 2.10. The molecule has 2 heterocycles. The molecule has 0 radical (unpaired) electrons. The van der Waals surface area contributed by atoms with Crippen molar-refractivity contribution in [2.45, 2.75) is 32.7 Å². The van der Waals surface area contributed by atoms with Crippen LogP contribution in [0.5, 0.6) is 0 Å². The summed E-state index contributed by atoms with van der Waals surface area (Å²) in [5.41, 5.74) is 3.54. The Kier molecular flexibility index (Phi) is 4.50. The van der Waals surface area contributed by atoms with Gasteiger partial charge < -0.3 is 5.32 Å². The third-order valence-corrected chi connectivity index (χ3v) is 4.05. The van der Waals surface area contributed by atoms with Crippen molar-refractivity contribution in [1.29, 1.82) is 0 Å². The van der Waals surface area contributed by atoms with Crippen LogP contribution in [0, 0.1) is 13.8 Å². The van der Waals surface area contributed by atoms with Gasteiger partial charge in [-0.1, -0.05) is 6.07 Å². The summed E-state index contributed by atoms with van der Waals surface area (Å²) in [5, 5.41) is 5.56. The van der Waals surface area contributed by atoms with E-state index >= 15 is 0 Å². The molecule has 2 rings (SSSR count). The highest BCUT2D eigenvalue weighted by molar-refractivity contribution is 7.09. The average molecular weight is 260 g/mol. The Labute approximate surface area is 113 Å². The molecule has 0 amide bonds. The minimum Gasteiger partial charge on any atom is -0.313 e. The van der Waals surface area contributed by atoms with Crippen LogP contribution in [0.4, 0.5) is 0 Å². The first-order chi connectivity index (χ1) is 8.69. The van der Waals surface area contributed by atoms with E-state index in [4.69, 9.17) is 0 Å². The van der Waals surface area contributed by atoms with E-state index in [1.165, 1.54) is 10.4 Å². The Bertz CT molecular complexity index is 471. The van der Waals surface area contributed by atoms with E-state index in [1.54, 1.807) is 0 Å². The topological polar surface area (TPSA) is 24.9 Å². The average Bonchev–Trinajstić information content (AvgIpc) is 2.81. The fraction of sp³-hybridized carbons (Fsp3) is 0.400. The first-order valence-electron chi connectivity index (χ1n) is 6.34. The Balaban J connectivity index is 2.07. The molecule has 0 bridgehead atoms. The predicted octanol–water partition coefficient (Wildman–Crippen LogP) is 3.65. The first kappa shape index (κ1) is 13.2. The van der Waals surface area contributed by atoms with Crippen LogP contribution in [0.2, 0.25) is 0 Å². The van der Waals surface area contributed by atoms with Crippen LogP contribution in [-0.4, -0.2) is 12.0 Å². The Hall–Kier alpha value is -1.19. The molecule has 0 aliphatic heterocycles. The molecule has 2 nitrogen and oxygen atoms in total. The van der Waals surface area contributed by atoms with Gasteiger partial charge in [0.15, 0.2) is 0 Å². The van der Waals surface area contributed by atoms with Gasteiger partial charge in [-0.25, -0.2) is 0 Å². The predicted molar refractivity (Wildman–Crippen MR) is 78.2 cm³/mol. The molecule has 1 N–H and O–H groups in total. The number of aromatic nitrogens is 1. The molecule has 3 heteroatoms. The molecule has 0 saturated heterocycles. The third-order valence-electron chi connectivity index (χ3n) is 3.11. The molecule has 0 spiro atoms. The molecular formula is C15H20N2S. The first-order valence-corrected chi connectivity index (χ1v) is 7.22. The van der Waals surface area contributed by atoms with Crippen molar-refractivity contribution in [3.05, 3.63) is 51.5 Å². The summed E-state index contributed by atoms with van der Waals surface area (Å²) in [7, 11) is 2.03. The number of hydrogen-bond donors (Lipinski definition) is 1. The number of rotatable bonds is 5. The molecule has 0 fully saturated rings. The lowest BCUT2D eigenvalue weighted by molar-refractivity contribution is 0.550. The lowest BCUT2D eigenvalue weighted by atomic mass is 10.0. The number of nitrogens with zero attached hydrogens (tertiary/aromatic N) is 1. The van der Waals surface area contributed by atoms with Gasteiger partial charge in [0, 0.05) is 22.3 Å². The molecule has 1 unspecified atom stereocenters. The van der Waals surface area contributed by atoms with Crippen LogP contribution in [0.15, 0.2) is 29.6 Å². The van der Waals surface area contributed by atoms with Crippen LogP contribution >= 0.6 is 11.3 Å². The smallest absolute Gasteiger partial charge is 0.0379 e. The second-order valence-electron chi connectivity index (χ2n) is 4.64. The van der Waals surface area contributed by atoms with E-state index < -0.39 is 0 Å². The maximum Gasteiger partial charge on any atom is 0.0379 e. The van der Waals surface area contributed by atoms with Crippen molar-refractivity contribution in [3.8, 4) is 0 Å². The van der Waals surface area contributed by atoms with Crippen molar-refractivity contribution in [2.24, 2.45) is 0 Å². The fourth-order valence-corrected chi connectivity index (χ4v) is 3.01. The lowest BCUT2D eigenvalue weighted by Gasteiger charge is -2.17. The maximum absolute atomic E-state index is 4.44. The van der Waals surface area contributed by atoms with Crippen molar-refractivity contribution in [3.63, 3.8) is 0 Å². The van der Waals surface area contributed by atoms with E-state index in [2.05, 4.69) is 53.8 Å². The maximum atomic E-state index is 4.44. The third kappa shape index (κ3) is 3.40. The molecule has 0 saturated carbocycles. The second-order valence-corrected chi connectivity index (χ2v) is 5.67. The van der Waals surface area contributed by atoms with E-state index in [9.17, 15) is 0 Å². The number of hydrogen-bond acceptors (Lipinski definition) is 3. The zero-order valence-electron chi connectivity index (χ0n) is 11.2. The van der Waals surface area contributed by atoms with Crippen molar-refractivity contribution in [2.75, 3.05) is 7.05 Å². The largest absolute Gasteiger partial charge is 0.313 e. The van der Waals surface area contributed by atoms with E-state index in [-0.39, 0.29) is 0 Å². The second kappa shape index (κ2) is 6.12. The molecule has 2 aromatic heterocycles. The number of thiophene rings is 1. The van der Waals surface area contributed by atoms with E-state index in [0.717, 1.165) is 24.2 Å². The summed E-state index contributed by atoms with van der Waals surface area (Å²) >= 11 is 1.84. The van der Waals surface area contributed by atoms with Crippen LogP contribution in [0.1, 0.15) is 34.3 Å². The molecule has 18 heavy (non-hydrogen) atoms. The summed E-state index contributed by atoms with van der Waals surface area (Å²) in [6.07, 6.45) is 2.25. The molecule has 0 aliphatic carbocycles. The van der Waals surface area contributed by atoms with Gasteiger partial charge in [0.1, 0.15) is 0 Å². The van der Waals surface area contributed by atoms with E-state index in [0.29, 0.717) is 6.04 Å². The molecule has 0 aliphatic rings. The summed E-state index contributed by atoms with van der Waals surface area (Å²) < 4.78 is 0. The molecule has 0 aromatic carbocycles. The van der Waals surface area contributed by atoms with Crippen LogP contribution in [-0.2, 0) is 6.42 Å². The van der Waals surface area contributed by atoms with Gasteiger partial charge in [-0.05, 0) is 62.9 Å². The quantitative estimate of drug-likeness (QED) is 0.887. The van der Waals surface area contributed by atoms with E-state index in [1.807, 2.05) is 18.4 Å². The highest BCUT2D eigenvalue weighted by atomic mass is 32.1. The van der Waals surface area contributed by atoms with Gasteiger partial charge in [0.05, 0.1) is 0 Å². The van der Waals surface area contributed by atoms with Gasteiger partial charge in [0.2, 0.25) is 0 Å². The minimum atomic E-state index is 0.410. The molecular weight excluding hydrogens is 240 g/mol. The van der Waals surface area contributed by atoms with Gasteiger partial charge in [0.25, 0.3) is 0 Å². The minimum absolute atomic E-state index is 0.410. The van der Waals surface area contributed by atoms with Crippen molar-refractivity contribution in [1.82, 2.24) is 10.3 Å². The summed E-state index contributed by atoms with van der Waals surface area (Å²) in [6.45, 7) is 4.12. The Morgan fingerprint density at radius 2 is 2.00 bits per heavy atom. The fourth-order valence-electron chi connectivity index (χ4n) is 2.29. The molecule has 1 atom stereocenters. The van der Waals surface area contributed by atoms with Gasteiger partial charge in [-0.2, -0.15) is 0 Å². The number of nitrogens with one attached hydrogen (secondary N) is 1. The van der Waals surface area contributed by atoms with Crippen LogP contribution in [0.25, 0.3) is 0 Å².